The molecule has 0 aliphatic carbocycles. The first kappa shape index (κ1) is 34.9. The Morgan fingerprint density at radius 3 is 2.22 bits per heavy atom. The van der Waals surface area contributed by atoms with Gasteiger partial charge in [0.15, 0.2) is 11.2 Å². The predicted octanol–water partition coefficient (Wildman–Crippen LogP) is 4.99. The summed E-state index contributed by atoms with van der Waals surface area (Å²) in [6.45, 7) is 3.06. The average molecular weight is 672 g/mol. The van der Waals surface area contributed by atoms with Crippen LogP contribution in [0.5, 0.6) is 0 Å². The molecular formula is C32H34ClN3O9S. The summed E-state index contributed by atoms with van der Waals surface area (Å²) in [5, 5.41) is 35.3. The molecule has 0 spiro atoms. The van der Waals surface area contributed by atoms with Crippen molar-refractivity contribution in [3.05, 3.63) is 89.2 Å². The number of aliphatic carboxylic acids is 3. The summed E-state index contributed by atoms with van der Waals surface area (Å²) in [6, 6.07) is 21.7. The van der Waals surface area contributed by atoms with Gasteiger partial charge in [0.1, 0.15) is 11.6 Å². The van der Waals surface area contributed by atoms with Gasteiger partial charge < -0.3 is 34.5 Å². The van der Waals surface area contributed by atoms with Crippen molar-refractivity contribution < 1.29 is 44.0 Å². The van der Waals surface area contributed by atoms with Crippen LogP contribution in [0.15, 0.2) is 82.6 Å². The maximum absolute atomic E-state index is 10.3. The molecule has 1 atom stereocenters. The lowest BCUT2D eigenvalue weighted by Crippen LogP contribution is -2.42. The average Bonchev–Trinajstić information content (AvgIpc) is 3.44. The van der Waals surface area contributed by atoms with Gasteiger partial charge in [-0.05, 0) is 54.8 Å². The second-order valence-corrected chi connectivity index (χ2v) is 12.1. The molecule has 0 amide bonds. The summed E-state index contributed by atoms with van der Waals surface area (Å²) in [7, 11) is 0. The standard InChI is InChI=1S/C26H26ClN3O2S.C6H8O7/c27-20-10-8-19(9-11-20)25(23-6-3-4-14-28-23)31-21-12-15-30(16-13-21)17-18-33-26-29-22-5-1-2-7-24(22)32-26;7-3(8)1-6(13,5(11)12)2-4(9)10/h1-11,14,21,25H,12-13,15-18H2;13H,1-2H2,(H,7,8)(H,9,10)(H,11,12). The fraction of sp³-hybridized carbons (Fsp3) is 0.344. The van der Waals surface area contributed by atoms with E-state index in [9.17, 15) is 14.4 Å². The third kappa shape index (κ3) is 10.3. The number of para-hydroxylation sites is 2. The normalized spacial score (nSPS) is 14.7. The number of thioether (sulfide) groups is 1. The van der Waals surface area contributed by atoms with E-state index in [-0.39, 0.29) is 12.2 Å². The van der Waals surface area contributed by atoms with E-state index in [0.29, 0.717) is 0 Å². The zero-order valence-corrected chi connectivity index (χ0v) is 26.3. The van der Waals surface area contributed by atoms with Gasteiger partial charge >= 0.3 is 17.9 Å². The summed E-state index contributed by atoms with van der Waals surface area (Å²) in [5.41, 5.74) is 1.03. The van der Waals surface area contributed by atoms with Gasteiger partial charge in [0.05, 0.1) is 24.6 Å². The first-order chi connectivity index (χ1) is 22.0. The molecule has 244 valence electrons. The van der Waals surface area contributed by atoms with Crippen molar-refractivity contribution in [2.24, 2.45) is 0 Å². The molecule has 1 fully saturated rings. The monoisotopic (exact) mass is 671 g/mol. The van der Waals surface area contributed by atoms with Crippen LogP contribution in [-0.2, 0) is 19.1 Å². The number of halogens is 1. The Labute approximate surface area is 274 Å². The molecule has 4 aromatic rings. The molecule has 0 saturated carbocycles. The van der Waals surface area contributed by atoms with Crippen molar-refractivity contribution in [1.29, 1.82) is 0 Å². The minimum Gasteiger partial charge on any atom is -0.481 e. The summed E-state index contributed by atoms with van der Waals surface area (Å²) in [6.07, 6.45) is 1.56. The van der Waals surface area contributed by atoms with E-state index >= 15 is 0 Å². The third-order valence-electron chi connectivity index (χ3n) is 7.19. The fourth-order valence-corrected chi connectivity index (χ4v) is 5.80. The van der Waals surface area contributed by atoms with E-state index in [1.54, 1.807) is 11.8 Å². The number of piperidine rings is 1. The molecule has 4 N–H and O–H groups in total. The number of aromatic nitrogens is 2. The van der Waals surface area contributed by atoms with Gasteiger partial charge in [-0.1, -0.05) is 53.7 Å². The van der Waals surface area contributed by atoms with E-state index in [2.05, 4.69) is 14.9 Å². The molecule has 2 aromatic heterocycles. The SMILES string of the molecule is Clc1ccc(C(OC2CCN(CCSc3nc4ccccc4o3)CC2)c2ccccn2)cc1.O=C(O)CC(O)(CC(=O)O)C(=O)O. The number of ether oxygens (including phenoxy) is 1. The van der Waals surface area contributed by atoms with Crippen molar-refractivity contribution in [3.63, 3.8) is 0 Å². The maximum Gasteiger partial charge on any atom is 0.336 e. The highest BCUT2D eigenvalue weighted by molar-refractivity contribution is 7.99. The van der Waals surface area contributed by atoms with Crippen LogP contribution >= 0.6 is 23.4 Å². The van der Waals surface area contributed by atoms with Crippen LogP contribution in [0.25, 0.3) is 11.1 Å². The number of carbonyl (C=O) groups is 3. The molecule has 46 heavy (non-hydrogen) atoms. The number of hydrogen-bond acceptors (Lipinski definition) is 10. The number of fused-ring (bicyclic) bond motifs is 1. The Kier molecular flexibility index (Phi) is 12.5. The summed E-state index contributed by atoms with van der Waals surface area (Å²) >= 11 is 7.78. The van der Waals surface area contributed by atoms with Crippen LogP contribution in [0, 0.1) is 0 Å². The number of likely N-dealkylation sites (tertiary alicyclic amines) is 1. The fourth-order valence-electron chi connectivity index (χ4n) is 4.84. The van der Waals surface area contributed by atoms with Crippen LogP contribution in [0.1, 0.15) is 43.0 Å². The highest BCUT2D eigenvalue weighted by atomic mass is 35.5. The molecule has 14 heteroatoms. The number of rotatable bonds is 13. The number of aliphatic hydroxyl groups is 1. The topological polar surface area (TPSA) is 184 Å². The van der Waals surface area contributed by atoms with E-state index < -0.39 is 36.4 Å². The number of pyridine rings is 1. The smallest absolute Gasteiger partial charge is 0.336 e. The van der Waals surface area contributed by atoms with Crippen LogP contribution in [-0.4, -0.2) is 90.3 Å². The van der Waals surface area contributed by atoms with E-state index in [4.69, 9.17) is 41.2 Å². The molecule has 12 nitrogen and oxygen atoms in total. The molecular weight excluding hydrogens is 638 g/mol. The van der Waals surface area contributed by atoms with Gasteiger partial charge in [-0.25, -0.2) is 9.78 Å². The largest absolute Gasteiger partial charge is 0.481 e. The molecule has 1 aliphatic rings. The predicted molar refractivity (Wildman–Crippen MR) is 170 cm³/mol. The minimum atomic E-state index is -2.74. The van der Waals surface area contributed by atoms with Crippen LogP contribution in [0.3, 0.4) is 0 Å². The molecule has 2 aromatic carbocycles. The first-order valence-electron chi connectivity index (χ1n) is 14.4. The Bertz CT molecular complexity index is 1550. The van der Waals surface area contributed by atoms with Crippen molar-refractivity contribution in [2.75, 3.05) is 25.4 Å². The number of nitrogens with zero attached hydrogens (tertiary/aromatic N) is 3. The van der Waals surface area contributed by atoms with Gasteiger partial charge in [-0.3, -0.25) is 14.6 Å². The summed E-state index contributed by atoms with van der Waals surface area (Å²) in [4.78, 5) is 42.1. The highest BCUT2D eigenvalue weighted by Crippen LogP contribution is 2.30. The third-order valence-corrected chi connectivity index (χ3v) is 8.25. The van der Waals surface area contributed by atoms with Crippen molar-refractivity contribution >= 4 is 52.4 Å². The molecule has 0 bridgehead atoms. The Hall–Kier alpha value is -4.01. The molecule has 1 unspecified atom stereocenters. The zero-order valence-electron chi connectivity index (χ0n) is 24.7. The highest BCUT2D eigenvalue weighted by Gasteiger charge is 2.40. The van der Waals surface area contributed by atoms with E-state index in [0.717, 1.165) is 70.8 Å². The van der Waals surface area contributed by atoms with Crippen LogP contribution in [0.4, 0.5) is 0 Å². The molecule has 5 rings (SSSR count). The lowest BCUT2D eigenvalue weighted by atomic mass is 9.96. The minimum absolute atomic E-state index is 0.185. The van der Waals surface area contributed by atoms with Crippen molar-refractivity contribution in [2.45, 2.75) is 48.7 Å². The Balaban J connectivity index is 0.000000315. The van der Waals surface area contributed by atoms with Crippen molar-refractivity contribution in [1.82, 2.24) is 14.9 Å². The number of carboxylic acid groups (broad SMARTS) is 3. The molecule has 0 radical (unpaired) electrons. The second kappa shape index (κ2) is 16.5. The van der Waals surface area contributed by atoms with E-state index in [1.807, 2.05) is 72.9 Å². The molecule has 1 aliphatic heterocycles. The number of hydrogen-bond donors (Lipinski definition) is 4. The molecule has 3 heterocycles. The lowest BCUT2D eigenvalue weighted by Gasteiger charge is -2.33. The van der Waals surface area contributed by atoms with Gasteiger partial charge in [-0.2, -0.15) is 0 Å². The van der Waals surface area contributed by atoms with Crippen molar-refractivity contribution in [3.8, 4) is 0 Å². The zero-order chi connectivity index (χ0) is 33.1. The van der Waals surface area contributed by atoms with E-state index in [1.165, 1.54) is 0 Å². The molecule has 1 saturated heterocycles. The Morgan fingerprint density at radius 2 is 1.63 bits per heavy atom. The Morgan fingerprint density at radius 1 is 0.978 bits per heavy atom. The summed E-state index contributed by atoms with van der Waals surface area (Å²) in [5.74, 6) is -4.06. The summed E-state index contributed by atoms with van der Waals surface area (Å²) < 4.78 is 12.4. The second-order valence-electron chi connectivity index (χ2n) is 10.6. The van der Waals surface area contributed by atoms with Gasteiger partial charge in [0.2, 0.25) is 0 Å². The first-order valence-corrected chi connectivity index (χ1v) is 15.8. The van der Waals surface area contributed by atoms with Crippen LogP contribution < -0.4 is 0 Å². The number of benzene rings is 2. The van der Waals surface area contributed by atoms with Gasteiger partial charge in [0.25, 0.3) is 5.22 Å². The number of carboxylic acids is 3. The number of oxazole rings is 1. The quantitative estimate of drug-likeness (QED) is 0.140. The van der Waals surface area contributed by atoms with Crippen LogP contribution in [0.2, 0.25) is 5.02 Å². The van der Waals surface area contributed by atoms with Gasteiger partial charge in [0, 0.05) is 36.6 Å². The maximum atomic E-state index is 10.3. The van der Waals surface area contributed by atoms with Gasteiger partial charge in [-0.15, -0.1) is 0 Å². The lowest BCUT2D eigenvalue weighted by molar-refractivity contribution is -0.170.